The highest BCUT2D eigenvalue weighted by atomic mass is 16.5. The molecule has 3 rings (SSSR count). The molecular weight excluding hydrogens is 452 g/mol. The van der Waals surface area contributed by atoms with Crippen molar-refractivity contribution in [1.29, 1.82) is 0 Å². The molecule has 0 saturated heterocycles. The Morgan fingerprint density at radius 2 is 1.86 bits per heavy atom. The van der Waals surface area contributed by atoms with E-state index in [1.54, 1.807) is 36.1 Å². The molecule has 1 fully saturated rings. The van der Waals surface area contributed by atoms with Crippen LogP contribution in [0.1, 0.15) is 57.8 Å². The number of aromatic nitrogens is 1. The molecule has 1 heterocycles. The smallest absolute Gasteiger partial charge is 0.248 e. The fourth-order valence-corrected chi connectivity index (χ4v) is 4.66. The molecule has 10 heteroatoms. The maximum Gasteiger partial charge on any atom is 0.248 e. The zero-order valence-corrected chi connectivity index (χ0v) is 21.1. The van der Waals surface area contributed by atoms with Gasteiger partial charge < -0.3 is 29.9 Å². The molecule has 1 atom stereocenters. The second-order valence-electron chi connectivity index (χ2n) is 9.73. The normalized spacial score (nSPS) is 15.1. The van der Waals surface area contributed by atoms with Gasteiger partial charge in [-0.05, 0) is 31.2 Å². The summed E-state index contributed by atoms with van der Waals surface area (Å²) in [6.07, 6.45) is 1.25. The van der Waals surface area contributed by atoms with Gasteiger partial charge in [-0.25, -0.2) is 0 Å². The zero-order valence-electron chi connectivity index (χ0n) is 21.1. The molecule has 3 amide bonds. The first-order chi connectivity index (χ1) is 16.5. The Labute approximate surface area is 205 Å². The van der Waals surface area contributed by atoms with E-state index >= 15 is 0 Å². The number of anilines is 1. The van der Waals surface area contributed by atoms with Crippen LogP contribution in [0.4, 0.5) is 5.82 Å². The molecule has 1 aliphatic carbocycles. The van der Waals surface area contributed by atoms with Gasteiger partial charge in [-0.15, -0.1) is 0 Å². The molecule has 0 spiro atoms. The van der Waals surface area contributed by atoms with Gasteiger partial charge in [0.1, 0.15) is 5.76 Å². The lowest BCUT2D eigenvalue weighted by atomic mass is 9.66. The maximum atomic E-state index is 13.7. The Kier molecular flexibility index (Phi) is 7.42. The largest absolute Gasteiger partial charge is 0.493 e. The van der Waals surface area contributed by atoms with Crippen LogP contribution in [0, 0.1) is 12.3 Å². The summed E-state index contributed by atoms with van der Waals surface area (Å²) in [6.45, 7) is 7.29. The topological polar surface area (TPSA) is 137 Å². The molecule has 3 N–H and O–H groups in total. The Hall–Kier alpha value is -3.56. The number of para-hydroxylation sites is 1. The fraction of sp³-hybridized carbons (Fsp3) is 0.520. The van der Waals surface area contributed by atoms with E-state index in [1.165, 1.54) is 14.2 Å². The van der Waals surface area contributed by atoms with Crippen LogP contribution in [-0.2, 0) is 19.9 Å². The third-order valence-electron chi connectivity index (χ3n) is 6.24. The maximum absolute atomic E-state index is 13.7. The Morgan fingerprint density at radius 3 is 2.34 bits per heavy atom. The monoisotopic (exact) mass is 486 g/mol. The van der Waals surface area contributed by atoms with Crippen LogP contribution in [-0.4, -0.2) is 48.0 Å². The minimum atomic E-state index is -1.55. The molecule has 190 valence electrons. The number of nitrogens with one attached hydrogen (secondary N) is 1. The van der Waals surface area contributed by atoms with E-state index in [0.29, 0.717) is 22.8 Å². The van der Waals surface area contributed by atoms with E-state index in [-0.39, 0.29) is 36.5 Å². The van der Waals surface area contributed by atoms with E-state index < -0.39 is 16.9 Å². The number of nitrogens with two attached hydrogens (primary N) is 1. The molecule has 1 saturated carbocycles. The number of carbonyl (C=O) groups excluding carboxylic acids is 3. The molecule has 10 nitrogen and oxygen atoms in total. The summed E-state index contributed by atoms with van der Waals surface area (Å²) in [4.78, 5) is 41.2. The fourth-order valence-electron chi connectivity index (χ4n) is 4.66. The second-order valence-corrected chi connectivity index (χ2v) is 9.73. The van der Waals surface area contributed by atoms with E-state index in [2.05, 4.69) is 10.5 Å². The van der Waals surface area contributed by atoms with Crippen molar-refractivity contribution in [3.05, 3.63) is 35.6 Å². The zero-order chi connectivity index (χ0) is 26.0. The molecule has 2 aromatic rings. The van der Waals surface area contributed by atoms with Crippen molar-refractivity contribution in [2.75, 3.05) is 19.5 Å². The van der Waals surface area contributed by atoms with Crippen LogP contribution in [0.15, 0.2) is 28.8 Å². The van der Waals surface area contributed by atoms with Crippen molar-refractivity contribution in [3.63, 3.8) is 0 Å². The van der Waals surface area contributed by atoms with Crippen molar-refractivity contribution in [2.45, 2.75) is 65.0 Å². The summed E-state index contributed by atoms with van der Waals surface area (Å²) in [5.41, 5.74) is 4.22. The Balaban J connectivity index is 2.01. The van der Waals surface area contributed by atoms with Gasteiger partial charge in [0, 0.05) is 30.5 Å². The summed E-state index contributed by atoms with van der Waals surface area (Å²) in [5.74, 6) is 0.173. The predicted molar refractivity (Wildman–Crippen MR) is 129 cm³/mol. The van der Waals surface area contributed by atoms with Gasteiger partial charge in [-0.2, -0.15) is 0 Å². The van der Waals surface area contributed by atoms with Crippen molar-refractivity contribution < 1.29 is 28.4 Å². The van der Waals surface area contributed by atoms with Gasteiger partial charge >= 0.3 is 0 Å². The standard InChI is InChI=1S/C25H34N4O6/c1-15-14-19(28-35-15)27-20(30)12-13-21(31)29(16-10-11-16)25(23(26)32,24(2,3)4)17-8-7-9-18(33-5)22(17)34-6/h7-9,14,16H,10-13H2,1-6H3,(H2,26,32)(H,27,28,30). The first-order valence-corrected chi connectivity index (χ1v) is 11.5. The van der Waals surface area contributed by atoms with Crippen LogP contribution >= 0.6 is 0 Å². The SMILES string of the molecule is COc1cccc(C(C(N)=O)(N(C(=O)CCC(=O)Nc2cc(C)on2)C2CC2)C(C)(C)C)c1OC. The lowest BCUT2D eigenvalue weighted by Gasteiger charge is -2.51. The summed E-state index contributed by atoms with van der Waals surface area (Å²) < 4.78 is 16.1. The first kappa shape index (κ1) is 26.1. The number of primary amides is 1. The molecular formula is C25H34N4O6. The molecule has 1 aromatic carbocycles. The molecule has 1 aliphatic rings. The van der Waals surface area contributed by atoms with Crippen LogP contribution in [0.25, 0.3) is 0 Å². The molecule has 1 unspecified atom stereocenters. The van der Waals surface area contributed by atoms with E-state index in [0.717, 1.165) is 12.8 Å². The Bertz CT molecular complexity index is 1100. The highest BCUT2D eigenvalue weighted by Crippen LogP contribution is 2.53. The molecule has 1 aromatic heterocycles. The van der Waals surface area contributed by atoms with Crippen molar-refractivity contribution >= 4 is 23.5 Å². The van der Waals surface area contributed by atoms with Gasteiger partial charge in [0.2, 0.25) is 17.7 Å². The average Bonchev–Trinajstić information content (AvgIpc) is 3.54. The van der Waals surface area contributed by atoms with Crippen LogP contribution in [0.5, 0.6) is 11.5 Å². The number of amides is 3. The van der Waals surface area contributed by atoms with Crippen molar-refractivity contribution in [1.82, 2.24) is 10.1 Å². The van der Waals surface area contributed by atoms with Crippen LogP contribution in [0.2, 0.25) is 0 Å². The average molecular weight is 487 g/mol. The number of carbonyl (C=O) groups is 3. The Morgan fingerprint density at radius 1 is 1.17 bits per heavy atom. The van der Waals surface area contributed by atoms with Crippen molar-refractivity contribution in [2.24, 2.45) is 11.1 Å². The lowest BCUT2D eigenvalue weighted by Crippen LogP contribution is -2.64. The quantitative estimate of drug-likeness (QED) is 0.526. The number of aryl methyl sites for hydroxylation is 1. The number of hydrogen-bond donors (Lipinski definition) is 2. The third-order valence-corrected chi connectivity index (χ3v) is 6.24. The van der Waals surface area contributed by atoms with Crippen LogP contribution < -0.4 is 20.5 Å². The van der Waals surface area contributed by atoms with Crippen LogP contribution in [0.3, 0.4) is 0 Å². The predicted octanol–water partition coefficient (Wildman–Crippen LogP) is 3.14. The second kappa shape index (κ2) is 9.97. The van der Waals surface area contributed by atoms with Gasteiger partial charge in [0.25, 0.3) is 0 Å². The number of hydrogen-bond acceptors (Lipinski definition) is 7. The van der Waals surface area contributed by atoms with Gasteiger partial charge in [0.15, 0.2) is 22.9 Å². The molecule has 0 aliphatic heterocycles. The van der Waals surface area contributed by atoms with Gasteiger partial charge in [-0.1, -0.05) is 38.1 Å². The number of rotatable bonds is 10. The number of benzene rings is 1. The third kappa shape index (κ3) is 4.96. The summed E-state index contributed by atoms with van der Waals surface area (Å²) in [5, 5.41) is 6.35. The molecule has 0 radical (unpaired) electrons. The van der Waals surface area contributed by atoms with Gasteiger partial charge in [0.05, 0.1) is 14.2 Å². The van der Waals surface area contributed by atoms with E-state index in [9.17, 15) is 14.4 Å². The lowest BCUT2D eigenvalue weighted by molar-refractivity contribution is -0.157. The van der Waals surface area contributed by atoms with Gasteiger partial charge in [-0.3, -0.25) is 14.4 Å². The minimum Gasteiger partial charge on any atom is -0.493 e. The summed E-state index contributed by atoms with van der Waals surface area (Å²) >= 11 is 0. The number of nitrogens with zero attached hydrogens (tertiary/aromatic N) is 2. The molecule has 35 heavy (non-hydrogen) atoms. The highest BCUT2D eigenvalue weighted by Gasteiger charge is 2.59. The minimum absolute atomic E-state index is 0.0950. The first-order valence-electron chi connectivity index (χ1n) is 11.5. The highest BCUT2D eigenvalue weighted by molar-refractivity contribution is 5.96. The number of methoxy groups -OCH3 is 2. The summed E-state index contributed by atoms with van der Waals surface area (Å²) in [7, 11) is 2.98. The molecule has 0 bridgehead atoms. The van der Waals surface area contributed by atoms with E-state index in [4.69, 9.17) is 19.7 Å². The summed E-state index contributed by atoms with van der Waals surface area (Å²) in [6, 6.07) is 6.59. The van der Waals surface area contributed by atoms with Crippen molar-refractivity contribution in [3.8, 4) is 11.5 Å². The van der Waals surface area contributed by atoms with E-state index in [1.807, 2.05) is 20.8 Å². The number of ether oxygens (including phenoxy) is 2.